The average molecular weight is 361 g/mol. The molecule has 2 atom stereocenters. The van der Waals surface area contributed by atoms with E-state index in [4.69, 9.17) is 5.73 Å². The van der Waals surface area contributed by atoms with E-state index in [0.717, 1.165) is 18.7 Å². The highest BCUT2D eigenvalue weighted by atomic mass is 35.5. The normalized spacial score (nSPS) is 32.4. The highest BCUT2D eigenvalue weighted by molar-refractivity contribution is 5.92. The number of nitrogens with one attached hydrogen (secondary N) is 2. The predicted octanol–water partition coefficient (Wildman–Crippen LogP) is 2.77. The Morgan fingerprint density at radius 1 is 1.17 bits per heavy atom. The van der Waals surface area contributed by atoms with Gasteiger partial charge in [0.2, 0.25) is 0 Å². The van der Waals surface area contributed by atoms with Gasteiger partial charge in [0.25, 0.3) is 5.91 Å². The number of aromatic amines is 1. The fraction of sp³-hybridized carbons (Fsp3) is 0.750. The molecule has 0 saturated heterocycles. The van der Waals surface area contributed by atoms with Gasteiger partial charge in [0, 0.05) is 18.0 Å². The van der Waals surface area contributed by atoms with E-state index in [1.54, 1.807) is 6.20 Å². The van der Waals surface area contributed by atoms with E-state index >= 15 is 0 Å². The van der Waals surface area contributed by atoms with Gasteiger partial charge < -0.3 is 16.0 Å². The third-order valence-corrected chi connectivity index (χ3v) is 5.48. The van der Waals surface area contributed by atoms with Crippen molar-refractivity contribution in [3.05, 3.63) is 17.7 Å². The lowest BCUT2D eigenvalue weighted by atomic mass is 9.67. The first-order chi connectivity index (χ1) is 10.2. The number of H-pyrrole nitrogens is 1. The van der Waals surface area contributed by atoms with Crippen LogP contribution in [0.25, 0.3) is 0 Å². The molecule has 3 saturated carbocycles. The molecule has 1 heterocycles. The van der Waals surface area contributed by atoms with Crippen molar-refractivity contribution in [3.63, 3.8) is 0 Å². The van der Waals surface area contributed by atoms with Crippen LogP contribution in [0.1, 0.15) is 67.2 Å². The number of carbonyl (C=O) groups is 1. The third kappa shape index (κ3) is 3.83. The van der Waals surface area contributed by atoms with E-state index in [0.29, 0.717) is 35.5 Å². The summed E-state index contributed by atoms with van der Waals surface area (Å²) < 4.78 is 0. The number of rotatable bonds is 3. The van der Waals surface area contributed by atoms with Crippen LogP contribution in [0, 0.1) is 11.8 Å². The summed E-state index contributed by atoms with van der Waals surface area (Å²) in [6.45, 7) is 0. The summed E-state index contributed by atoms with van der Waals surface area (Å²) in [4.78, 5) is 20.0. The predicted molar refractivity (Wildman–Crippen MR) is 94.4 cm³/mol. The number of carbonyl (C=O) groups excluding carboxylic acids is 1. The highest BCUT2D eigenvalue weighted by Crippen LogP contribution is 2.40. The molecular weight excluding hydrogens is 335 g/mol. The van der Waals surface area contributed by atoms with Gasteiger partial charge in [-0.2, -0.15) is 0 Å². The molecule has 0 aromatic carbocycles. The number of amides is 1. The first-order valence-electron chi connectivity index (χ1n) is 8.32. The van der Waals surface area contributed by atoms with Gasteiger partial charge in [0.1, 0.15) is 11.5 Å². The zero-order chi connectivity index (χ0) is 14.4. The number of fused-ring (bicyclic) bond motifs is 2. The molecule has 4 rings (SSSR count). The monoisotopic (exact) mass is 360 g/mol. The van der Waals surface area contributed by atoms with Crippen LogP contribution in [-0.2, 0) is 0 Å². The average Bonchev–Trinajstić information content (AvgIpc) is 3.17. The largest absolute Gasteiger partial charge is 0.347 e. The van der Waals surface area contributed by atoms with E-state index in [1.165, 1.54) is 32.1 Å². The highest BCUT2D eigenvalue weighted by Gasteiger charge is 2.40. The fourth-order valence-corrected chi connectivity index (χ4v) is 4.27. The van der Waals surface area contributed by atoms with Gasteiger partial charge >= 0.3 is 0 Å². The van der Waals surface area contributed by atoms with Crippen LogP contribution in [0.4, 0.5) is 0 Å². The van der Waals surface area contributed by atoms with E-state index in [2.05, 4.69) is 15.3 Å². The molecule has 1 aromatic rings. The fourth-order valence-electron chi connectivity index (χ4n) is 4.27. The Labute approximate surface area is 149 Å². The Balaban J connectivity index is 0.000000960. The van der Waals surface area contributed by atoms with Gasteiger partial charge in [-0.25, -0.2) is 4.98 Å². The molecule has 1 aromatic heterocycles. The smallest absolute Gasteiger partial charge is 0.269 e. The number of hydrogen-bond donors (Lipinski definition) is 3. The molecule has 1 amide bonds. The molecule has 3 aliphatic carbocycles. The number of halogens is 2. The van der Waals surface area contributed by atoms with Gasteiger partial charge in [0.05, 0.1) is 6.20 Å². The van der Waals surface area contributed by atoms with Crippen LogP contribution in [0.2, 0.25) is 0 Å². The van der Waals surface area contributed by atoms with E-state index in [-0.39, 0.29) is 30.7 Å². The number of nitrogens with two attached hydrogens (primary N) is 1. The summed E-state index contributed by atoms with van der Waals surface area (Å²) >= 11 is 0. The summed E-state index contributed by atoms with van der Waals surface area (Å²) in [5, 5.41) is 3.26. The van der Waals surface area contributed by atoms with Crippen molar-refractivity contribution in [3.8, 4) is 0 Å². The summed E-state index contributed by atoms with van der Waals surface area (Å²) in [6, 6.07) is 0.626. The molecule has 5 nitrogen and oxygen atoms in total. The maximum Gasteiger partial charge on any atom is 0.269 e. The van der Waals surface area contributed by atoms with Crippen molar-refractivity contribution in [1.82, 2.24) is 15.3 Å². The topological polar surface area (TPSA) is 83.8 Å². The minimum Gasteiger partial charge on any atom is -0.347 e. The lowest BCUT2D eigenvalue weighted by Crippen LogP contribution is -2.53. The van der Waals surface area contributed by atoms with Crippen molar-refractivity contribution < 1.29 is 4.79 Å². The number of nitrogens with zero attached hydrogens (tertiary/aromatic N) is 1. The molecule has 130 valence electrons. The number of aromatic nitrogens is 2. The van der Waals surface area contributed by atoms with Crippen LogP contribution in [0.3, 0.4) is 0 Å². The van der Waals surface area contributed by atoms with E-state index < -0.39 is 0 Å². The van der Waals surface area contributed by atoms with Gasteiger partial charge in [-0.05, 0) is 50.4 Å². The Kier molecular flexibility index (Phi) is 5.98. The second-order valence-corrected chi connectivity index (χ2v) is 7.14. The van der Waals surface area contributed by atoms with Crippen LogP contribution < -0.4 is 11.1 Å². The first-order valence-corrected chi connectivity index (χ1v) is 8.32. The Bertz CT molecular complexity index is 532. The molecule has 4 N–H and O–H groups in total. The standard InChI is InChI=1S/C16H24N4O.2ClH/c17-12-6-10-2-1-3-11(7-12)14(10)20-16(21)13-8-18-15(19-13)9-4-5-9;;/h8-12,14H,1-7,17H2,(H,18,19)(H,20,21);2*1H. The second kappa shape index (κ2) is 7.41. The van der Waals surface area contributed by atoms with Gasteiger partial charge in [-0.3, -0.25) is 4.79 Å². The molecule has 2 bridgehead atoms. The summed E-state index contributed by atoms with van der Waals surface area (Å²) in [5.41, 5.74) is 6.76. The second-order valence-electron chi connectivity index (χ2n) is 7.14. The zero-order valence-corrected chi connectivity index (χ0v) is 14.8. The summed E-state index contributed by atoms with van der Waals surface area (Å²) in [6.07, 6.45) is 9.86. The van der Waals surface area contributed by atoms with E-state index in [1.807, 2.05) is 0 Å². The molecule has 3 aliphatic rings. The first kappa shape index (κ1) is 18.6. The van der Waals surface area contributed by atoms with Crippen molar-refractivity contribution >= 4 is 30.7 Å². The minimum absolute atomic E-state index is 0. The molecule has 3 fully saturated rings. The molecular formula is C16H26Cl2N4O. The Hall–Kier alpha value is -0.780. The Morgan fingerprint density at radius 3 is 2.43 bits per heavy atom. The van der Waals surface area contributed by atoms with Gasteiger partial charge in [-0.15, -0.1) is 24.8 Å². The third-order valence-electron chi connectivity index (χ3n) is 5.48. The van der Waals surface area contributed by atoms with Crippen molar-refractivity contribution in [2.75, 3.05) is 0 Å². The van der Waals surface area contributed by atoms with Crippen LogP contribution in [0.15, 0.2) is 6.20 Å². The zero-order valence-electron chi connectivity index (χ0n) is 13.2. The van der Waals surface area contributed by atoms with Crippen molar-refractivity contribution in [2.45, 2.75) is 62.9 Å². The number of hydrogen-bond acceptors (Lipinski definition) is 3. The quantitative estimate of drug-likeness (QED) is 0.774. The van der Waals surface area contributed by atoms with Gasteiger partial charge in [0.15, 0.2) is 0 Å². The van der Waals surface area contributed by atoms with Gasteiger partial charge in [-0.1, -0.05) is 6.42 Å². The molecule has 0 aliphatic heterocycles. The maximum atomic E-state index is 12.5. The van der Waals surface area contributed by atoms with Crippen LogP contribution >= 0.6 is 24.8 Å². The molecule has 7 heteroatoms. The summed E-state index contributed by atoms with van der Waals surface area (Å²) in [5.74, 6) is 2.65. The maximum absolute atomic E-state index is 12.5. The van der Waals surface area contributed by atoms with E-state index in [9.17, 15) is 4.79 Å². The minimum atomic E-state index is 0. The molecule has 0 radical (unpaired) electrons. The summed E-state index contributed by atoms with van der Waals surface area (Å²) in [7, 11) is 0. The van der Waals surface area contributed by atoms with Crippen molar-refractivity contribution in [2.24, 2.45) is 17.6 Å². The molecule has 2 unspecified atom stereocenters. The Morgan fingerprint density at radius 2 is 1.83 bits per heavy atom. The SMILES string of the molecule is Cl.Cl.NC1CC2CCCC(C1)C2NC(=O)c1cnc(C2CC2)[nH]1. The lowest BCUT2D eigenvalue weighted by molar-refractivity contribution is 0.0752. The molecule has 0 spiro atoms. The number of imidazole rings is 1. The van der Waals surface area contributed by atoms with Crippen LogP contribution in [0.5, 0.6) is 0 Å². The lowest BCUT2D eigenvalue weighted by Gasteiger charge is -2.45. The molecule has 23 heavy (non-hydrogen) atoms. The van der Waals surface area contributed by atoms with Crippen molar-refractivity contribution in [1.29, 1.82) is 0 Å². The van der Waals surface area contributed by atoms with Crippen LogP contribution in [-0.4, -0.2) is 28.0 Å².